The highest BCUT2D eigenvalue weighted by Crippen LogP contribution is 2.25. The molecule has 6 nitrogen and oxygen atoms in total. The number of carboxylic acids is 2. The predicted molar refractivity (Wildman–Crippen MR) is 123 cm³/mol. The predicted octanol–water partition coefficient (Wildman–Crippen LogP) is 6.26. The molecule has 0 fully saturated rings. The minimum absolute atomic E-state index is 0.172. The van der Waals surface area contributed by atoms with Crippen LogP contribution in [0.15, 0.2) is 97.1 Å². The van der Waals surface area contributed by atoms with Crippen molar-refractivity contribution in [3.8, 4) is 23.0 Å². The van der Waals surface area contributed by atoms with E-state index in [2.05, 4.69) is 0 Å². The molecular formula is C27H20O6. The van der Waals surface area contributed by atoms with Crippen LogP contribution in [0.1, 0.15) is 31.8 Å². The van der Waals surface area contributed by atoms with Crippen LogP contribution < -0.4 is 9.47 Å². The summed E-state index contributed by atoms with van der Waals surface area (Å²) in [4.78, 5) is 22.2. The highest BCUT2D eigenvalue weighted by Gasteiger charge is 2.07. The van der Waals surface area contributed by atoms with Crippen LogP contribution in [0.5, 0.6) is 23.0 Å². The fourth-order valence-electron chi connectivity index (χ4n) is 3.24. The summed E-state index contributed by atoms with van der Waals surface area (Å²) >= 11 is 0. The Hall–Kier alpha value is -4.58. The van der Waals surface area contributed by atoms with Crippen LogP contribution in [0, 0.1) is 0 Å². The first kappa shape index (κ1) is 21.6. The van der Waals surface area contributed by atoms with E-state index in [1.54, 1.807) is 24.3 Å². The average molecular weight is 440 g/mol. The lowest BCUT2D eigenvalue weighted by atomic mass is 10.0. The van der Waals surface area contributed by atoms with Crippen molar-refractivity contribution in [3.63, 3.8) is 0 Å². The van der Waals surface area contributed by atoms with Gasteiger partial charge >= 0.3 is 11.9 Å². The van der Waals surface area contributed by atoms with E-state index in [9.17, 15) is 9.59 Å². The molecule has 6 heteroatoms. The second-order valence-corrected chi connectivity index (χ2v) is 7.33. The lowest BCUT2D eigenvalue weighted by Crippen LogP contribution is -1.96. The van der Waals surface area contributed by atoms with Crippen LogP contribution >= 0.6 is 0 Å². The minimum Gasteiger partial charge on any atom is -0.478 e. The Bertz CT molecular complexity index is 1180. The number of ether oxygens (including phenoxy) is 2. The molecule has 4 aromatic rings. The molecule has 0 aliphatic heterocycles. The van der Waals surface area contributed by atoms with Gasteiger partial charge in [-0.15, -0.1) is 0 Å². The highest BCUT2D eigenvalue weighted by atomic mass is 16.5. The average Bonchev–Trinajstić information content (AvgIpc) is 2.82. The molecule has 0 aromatic heterocycles. The van der Waals surface area contributed by atoms with Gasteiger partial charge in [-0.2, -0.15) is 0 Å². The molecule has 0 aliphatic rings. The van der Waals surface area contributed by atoms with Gasteiger partial charge < -0.3 is 19.7 Å². The number of benzene rings is 4. The van der Waals surface area contributed by atoms with Crippen molar-refractivity contribution in [3.05, 3.63) is 119 Å². The quantitative estimate of drug-likeness (QED) is 0.336. The molecule has 0 saturated carbocycles. The first-order chi connectivity index (χ1) is 16.0. The molecular weight excluding hydrogens is 420 g/mol. The van der Waals surface area contributed by atoms with Gasteiger partial charge in [0.2, 0.25) is 0 Å². The molecule has 0 atom stereocenters. The Morgan fingerprint density at radius 3 is 1.30 bits per heavy atom. The van der Waals surface area contributed by atoms with Crippen LogP contribution in [0.4, 0.5) is 0 Å². The number of rotatable bonds is 8. The fourth-order valence-corrected chi connectivity index (χ4v) is 3.24. The maximum atomic E-state index is 11.1. The minimum atomic E-state index is -0.999. The Labute approximate surface area is 190 Å². The van der Waals surface area contributed by atoms with E-state index in [0.717, 1.165) is 11.1 Å². The molecule has 2 N–H and O–H groups in total. The second-order valence-electron chi connectivity index (χ2n) is 7.33. The summed E-state index contributed by atoms with van der Waals surface area (Å²) in [7, 11) is 0. The van der Waals surface area contributed by atoms with Crippen molar-refractivity contribution in [2.24, 2.45) is 0 Å². The Kier molecular flexibility index (Phi) is 6.36. The number of hydrogen-bond acceptors (Lipinski definition) is 4. The van der Waals surface area contributed by atoms with Gasteiger partial charge in [0.15, 0.2) is 0 Å². The molecule has 0 aliphatic carbocycles. The van der Waals surface area contributed by atoms with Crippen molar-refractivity contribution in [2.75, 3.05) is 0 Å². The van der Waals surface area contributed by atoms with Crippen molar-refractivity contribution >= 4 is 11.9 Å². The SMILES string of the molecule is O=C(O)c1cccc(Oc2ccc(Cc3ccc(Oc4cccc(C(=O)O)c4)cc3)cc2)c1. The van der Waals surface area contributed by atoms with Crippen LogP contribution in [0.25, 0.3) is 0 Å². The summed E-state index contributed by atoms with van der Waals surface area (Å²) in [5.41, 5.74) is 2.52. The van der Waals surface area contributed by atoms with E-state index < -0.39 is 11.9 Å². The zero-order valence-corrected chi connectivity index (χ0v) is 17.5. The van der Waals surface area contributed by atoms with Crippen molar-refractivity contribution in [1.82, 2.24) is 0 Å². The molecule has 0 bridgehead atoms. The third kappa shape index (κ3) is 5.77. The summed E-state index contributed by atoms with van der Waals surface area (Å²) in [5, 5.41) is 18.2. The van der Waals surface area contributed by atoms with Gasteiger partial charge in [-0.1, -0.05) is 36.4 Å². The molecule has 0 radical (unpaired) electrons. The van der Waals surface area contributed by atoms with Crippen LogP contribution in [0.2, 0.25) is 0 Å². The van der Waals surface area contributed by atoms with Crippen molar-refractivity contribution in [1.29, 1.82) is 0 Å². The summed E-state index contributed by atoms with van der Waals surface area (Å²) in [6, 6.07) is 27.9. The summed E-state index contributed by atoms with van der Waals surface area (Å²) < 4.78 is 11.5. The molecule has 0 heterocycles. The van der Waals surface area contributed by atoms with Gasteiger partial charge in [-0.05, 0) is 78.2 Å². The maximum absolute atomic E-state index is 11.1. The summed E-state index contributed by atoms with van der Waals surface area (Å²) in [6.45, 7) is 0. The number of carboxylic acid groups (broad SMARTS) is 2. The van der Waals surface area contributed by atoms with Crippen molar-refractivity contribution < 1.29 is 29.3 Å². The summed E-state index contributed by atoms with van der Waals surface area (Å²) in [6.07, 6.45) is 0.712. The van der Waals surface area contributed by atoms with E-state index in [0.29, 0.717) is 29.4 Å². The molecule has 33 heavy (non-hydrogen) atoms. The topological polar surface area (TPSA) is 93.1 Å². The van der Waals surface area contributed by atoms with E-state index in [-0.39, 0.29) is 11.1 Å². The van der Waals surface area contributed by atoms with E-state index >= 15 is 0 Å². The molecule has 0 saturated heterocycles. The monoisotopic (exact) mass is 440 g/mol. The Balaban J connectivity index is 1.37. The van der Waals surface area contributed by atoms with E-state index in [1.807, 2.05) is 48.5 Å². The smallest absolute Gasteiger partial charge is 0.335 e. The van der Waals surface area contributed by atoms with Gasteiger partial charge in [0.25, 0.3) is 0 Å². The lowest BCUT2D eigenvalue weighted by molar-refractivity contribution is 0.0686. The molecule has 0 amide bonds. The molecule has 4 aromatic carbocycles. The standard InChI is InChI=1S/C27H20O6/c28-26(29)20-3-1-5-24(16-20)32-22-11-7-18(8-12-22)15-19-9-13-23(14-10-19)33-25-6-2-4-21(17-25)27(30)31/h1-14,16-17H,15H2,(H,28,29)(H,30,31). The lowest BCUT2D eigenvalue weighted by Gasteiger charge is -2.09. The Morgan fingerprint density at radius 2 is 0.939 bits per heavy atom. The summed E-state index contributed by atoms with van der Waals surface area (Å²) in [5.74, 6) is 0.170. The zero-order valence-electron chi connectivity index (χ0n) is 17.5. The fraction of sp³-hybridized carbons (Fsp3) is 0.0370. The third-order valence-electron chi connectivity index (χ3n) is 4.89. The first-order valence-electron chi connectivity index (χ1n) is 10.2. The maximum Gasteiger partial charge on any atom is 0.335 e. The van der Waals surface area contributed by atoms with E-state index in [4.69, 9.17) is 19.7 Å². The second kappa shape index (κ2) is 9.70. The highest BCUT2D eigenvalue weighted by molar-refractivity contribution is 5.88. The number of carbonyl (C=O) groups is 2. The van der Waals surface area contributed by atoms with Gasteiger partial charge in [-0.25, -0.2) is 9.59 Å². The normalized spacial score (nSPS) is 10.4. The zero-order chi connectivity index (χ0) is 23.2. The first-order valence-corrected chi connectivity index (χ1v) is 10.2. The van der Waals surface area contributed by atoms with Gasteiger partial charge in [-0.3, -0.25) is 0 Å². The van der Waals surface area contributed by atoms with Crippen LogP contribution in [0.3, 0.4) is 0 Å². The molecule has 164 valence electrons. The van der Waals surface area contributed by atoms with E-state index in [1.165, 1.54) is 24.3 Å². The van der Waals surface area contributed by atoms with Gasteiger partial charge in [0.1, 0.15) is 23.0 Å². The van der Waals surface area contributed by atoms with Gasteiger partial charge in [0, 0.05) is 0 Å². The Morgan fingerprint density at radius 1 is 0.545 bits per heavy atom. The van der Waals surface area contributed by atoms with Crippen LogP contribution in [-0.2, 0) is 6.42 Å². The number of aromatic carboxylic acids is 2. The molecule has 4 rings (SSSR count). The largest absolute Gasteiger partial charge is 0.478 e. The van der Waals surface area contributed by atoms with Gasteiger partial charge in [0.05, 0.1) is 11.1 Å². The van der Waals surface area contributed by atoms with Crippen LogP contribution in [-0.4, -0.2) is 22.2 Å². The number of hydrogen-bond donors (Lipinski definition) is 2. The molecule has 0 unspecified atom stereocenters. The molecule has 0 spiro atoms. The van der Waals surface area contributed by atoms with Crippen molar-refractivity contribution in [2.45, 2.75) is 6.42 Å². The third-order valence-corrected chi connectivity index (χ3v) is 4.89.